The van der Waals surface area contributed by atoms with E-state index in [4.69, 9.17) is 20.9 Å². The van der Waals surface area contributed by atoms with Crippen molar-refractivity contribution >= 4 is 23.4 Å². The summed E-state index contributed by atoms with van der Waals surface area (Å²) in [6, 6.07) is 7.23. The van der Waals surface area contributed by atoms with Crippen LogP contribution in [0.3, 0.4) is 0 Å². The van der Waals surface area contributed by atoms with Crippen molar-refractivity contribution in [2.45, 2.75) is 31.4 Å². The number of hydrogen-bond donors (Lipinski definition) is 0. The molecule has 0 saturated carbocycles. The van der Waals surface area contributed by atoms with Gasteiger partial charge in [0, 0.05) is 23.4 Å². The topological polar surface area (TPSA) is 66.0 Å². The number of thioether (sulfide) groups is 1. The van der Waals surface area contributed by atoms with Gasteiger partial charge in [0.2, 0.25) is 0 Å². The first-order chi connectivity index (χ1) is 11.5. The molecule has 0 amide bonds. The van der Waals surface area contributed by atoms with Crippen molar-refractivity contribution in [3.8, 4) is 5.75 Å². The molecule has 0 aliphatic carbocycles. The largest absolute Gasteiger partial charge is 0.486 e. The second kappa shape index (κ2) is 7.27. The highest BCUT2D eigenvalue weighted by molar-refractivity contribution is 7.98. The van der Waals surface area contributed by atoms with Crippen LogP contribution >= 0.6 is 23.4 Å². The molecule has 0 saturated heterocycles. The van der Waals surface area contributed by atoms with Gasteiger partial charge in [-0.1, -0.05) is 28.5 Å². The van der Waals surface area contributed by atoms with Crippen molar-refractivity contribution in [2.75, 3.05) is 0 Å². The van der Waals surface area contributed by atoms with Crippen LogP contribution in [0.25, 0.3) is 0 Å². The summed E-state index contributed by atoms with van der Waals surface area (Å²) in [6.07, 6.45) is 0. The molecule has 0 radical (unpaired) electrons. The summed E-state index contributed by atoms with van der Waals surface area (Å²) in [4.78, 5) is 0. The van der Waals surface area contributed by atoms with Gasteiger partial charge in [-0.05, 0) is 38.1 Å². The van der Waals surface area contributed by atoms with E-state index >= 15 is 0 Å². The summed E-state index contributed by atoms with van der Waals surface area (Å²) in [5.41, 5.74) is 2.01. The maximum Gasteiger partial charge on any atom is 0.191 e. The van der Waals surface area contributed by atoms with Crippen LogP contribution in [0.4, 0.5) is 0 Å². The van der Waals surface area contributed by atoms with E-state index < -0.39 is 0 Å². The minimum absolute atomic E-state index is 0.344. The minimum atomic E-state index is 0.344. The molecule has 6 nitrogen and oxygen atoms in total. The Morgan fingerprint density at radius 3 is 2.62 bits per heavy atom. The predicted molar refractivity (Wildman–Crippen MR) is 92.3 cm³/mol. The van der Waals surface area contributed by atoms with Crippen LogP contribution < -0.4 is 4.74 Å². The number of aromatic nitrogens is 4. The van der Waals surface area contributed by atoms with E-state index in [1.165, 1.54) is 0 Å². The lowest BCUT2D eigenvalue weighted by atomic mass is 10.2. The van der Waals surface area contributed by atoms with E-state index in [2.05, 4.69) is 15.4 Å². The zero-order chi connectivity index (χ0) is 17.1. The molecule has 0 aliphatic heterocycles. The lowest BCUT2D eigenvalue weighted by molar-refractivity contribution is 0.290. The van der Waals surface area contributed by atoms with E-state index in [0.717, 1.165) is 39.5 Å². The standard InChI is InChI=1S/C16H17ClN4O2S/c1-10-14(11(2)23-20-10)9-24-16-19-18-15(21(16)3)8-22-13-6-4-12(17)5-7-13/h4-7H,8-9H2,1-3H3. The monoisotopic (exact) mass is 364 g/mol. The molecule has 1 aromatic carbocycles. The Hall–Kier alpha value is -1.99. The number of benzene rings is 1. The minimum Gasteiger partial charge on any atom is -0.486 e. The van der Waals surface area contributed by atoms with E-state index in [1.807, 2.05) is 37.6 Å². The fourth-order valence-electron chi connectivity index (χ4n) is 2.12. The summed E-state index contributed by atoms with van der Waals surface area (Å²) in [5, 5.41) is 13.9. The van der Waals surface area contributed by atoms with Crippen LogP contribution in [0.1, 0.15) is 22.8 Å². The SMILES string of the molecule is Cc1noc(C)c1CSc1nnc(COc2ccc(Cl)cc2)n1C. The molecule has 0 N–H and O–H groups in total. The molecule has 0 atom stereocenters. The van der Waals surface area contributed by atoms with Gasteiger partial charge in [-0.3, -0.25) is 0 Å². The first-order valence-electron chi connectivity index (χ1n) is 7.36. The Morgan fingerprint density at radius 2 is 1.96 bits per heavy atom. The number of rotatable bonds is 6. The zero-order valence-electron chi connectivity index (χ0n) is 13.6. The number of halogens is 1. The van der Waals surface area contributed by atoms with Crippen molar-refractivity contribution in [3.63, 3.8) is 0 Å². The maximum atomic E-state index is 5.86. The highest BCUT2D eigenvalue weighted by Gasteiger charge is 2.14. The molecule has 24 heavy (non-hydrogen) atoms. The van der Waals surface area contributed by atoms with Gasteiger partial charge in [-0.15, -0.1) is 10.2 Å². The van der Waals surface area contributed by atoms with E-state index in [9.17, 15) is 0 Å². The number of ether oxygens (including phenoxy) is 1. The highest BCUT2D eigenvalue weighted by Crippen LogP contribution is 2.25. The van der Waals surface area contributed by atoms with Crippen molar-refractivity contribution in [1.29, 1.82) is 0 Å². The third-order valence-electron chi connectivity index (χ3n) is 3.63. The molecule has 0 aliphatic rings. The van der Waals surface area contributed by atoms with Crippen LogP contribution in [0.5, 0.6) is 5.75 Å². The zero-order valence-corrected chi connectivity index (χ0v) is 15.2. The van der Waals surface area contributed by atoms with Gasteiger partial charge in [0.1, 0.15) is 18.1 Å². The summed E-state index contributed by atoms with van der Waals surface area (Å²) in [6.45, 7) is 4.20. The lowest BCUT2D eigenvalue weighted by Crippen LogP contribution is -2.04. The number of aryl methyl sites for hydroxylation is 2. The third-order valence-corrected chi connectivity index (χ3v) is 4.93. The second-order valence-corrected chi connectivity index (χ2v) is 6.67. The predicted octanol–water partition coefficient (Wildman–Crippen LogP) is 3.94. The third kappa shape index (κ3) is 3.73. The number of hydrogen-bond acceptors (Lipinski definition) is 6. The lowest BCUT2D eigenvalue weighted by Gasteiger charge is -2.06. The van der Waals surface area contributed by atoms with E-state index in [-0.39, 0.29) is 0 Å². The molecular weight excluding hydrogens is 348 g/mol. The van der Waals surface area contributed by atoms with Crippen LogP contribution in [0.2, 0.25) is 5.02 Å². The molecule has 0 fully saturated rings. The molecule has 0 bridgehead atoms. The second-order valence-electron chi connectivity index (χ2n) is 5.29. The number of nitrogens with zero attached hydrogens (tertiary/aromatic N) is 4. The molecule has 8 heteroatoms. The molecule has 0 unspecified atom stereocenters. The maximum absolute atomic E-state index is 5.86. The van der Waals surface area contributed by atoms with Gasteiger partial charge >= 0.3 is 0 Å². The normalized spacial score (nSPS) is 11.0. The summed E-state index contributed by atoms with van der Waals surface area (Å²) < 4.78 is 12.8. The average Bonchev–Trinajstić information content (AvgIpc) is 3.08. The van der Waals surface area contributed by atoms with E-state index in [1.54, 1.807) is 23.9 Å². The fraction of sp³-hybridized carbons (Fsp3) is 0.312. The van der Waals surface area contributed by atoms with Crippen molar-refractivity contribution in [2.24, 2.45) is 7.05 Å². The molecule has 2 aromatic heterocycles. The molecular formula is C16H17ClN4O2S. The van der Waals surface area contributed by atoms with Crippen molar-refractivity contribution in [1.82, 2.24) is 19.9 Å². The van der Waals surface area contributed by atoms with Gasteiger partial charge < -0.3 is 13.8 Å². The molecule has 3 aromatic rings. The van der Waals surface area contributed by atoms with Gasteiger partial charge in [0.15, 0.2) is 11.0 Å². The molecule has 0 spiro atoms. The first kappa shape index (κ1) is 16.9. The van der Waals surface area contributed by atoms with Crippen LogP contribution in [-0.4, -0.2) is 19.9 Å². The molecule has 2 heterocycles. The first-order valence-corrected chi connectivity index (χ1v) is 8.72. The Morgan fingerprint density at radius 1 is 1.21 bits per heavy atom. The fourth-order valence-corrected chi connectivity index (χ4v) is 3.33. The molecule has 126 valence electrons. The van der Waals surface area contributed by atoms with Crippen LogP contribution in [-0.2, 0) is 19.4 Å². The molecule has 3 rings (SSSR count). The quantitative estimate of drug-likeness (QED) is 0.617. The van der Waals surface area contributed by atoms with Gasteiger partial charge in [-0.2, -0.15) is 0 Å². The van der Waals surface area contributed by atoms with Crippen LogP contribution in [0, 0.1) is 13.8 Å². The summed E-state index contributed by atoms with van der Waals surface area (Å²) in [7, 11) is 1.93. The Kier molecular flexibility index (Phi) is 5.11. The summed E-state index contributed by atoms with van der Waals surface area (Å²) in [5.74, 6) is 3.08. The Bertz CT molecular complexity index is 810. The summed E-state index contributed by atoms with van der Waals surface area (Å²) >= 11 is 7.45. The average molecular weight is 365 g/mol. The van der Waals surface area contributed by atoms with Crippen molar-refractivity contribution < 1.29 is 9.26 Å². The van der Waals surface area contributed by atoms with Gasteiger partial charge in [0.05, 0.1) is 5.69 Å². The Balaban J connectivity index is 1.62. The van der Waals surface area contributed by atoms with E-state index in [0.29, 0.717) is 11.6 Å². The van der Waals surface area contributed by atoms with Crippen molar-refractivity contribution in [3.05, 3.63) is 52.1 Å². The van der Waals surface area contributed by atoms with Gasteiger partial charge in [-0.25, -0.2) is 0 Å². The van der Waals surface area contributed by atoms with Crippen LogP contribution in [0.15, 0.2) is 33.9 Å². The van der Waals surface area contributed by atoms with Gasteiger partial charge in [0.25, 0.3) is 0 Å². The highest BCUT2D eigenvalue weighted by atomic mass is 35.5. The smallest absolute Gasteiger partial charge is 0.191 e. The Labute approximate surface area is 149 Å².